The SMILES string of the molecule is CC(=O)Oc1cc(OC(C)C)cc2oc(C(=O)O)cc12. The molecular formula is C14H14O6. The number of furan rings is 1. The number of benzene rings is 1. The van der Waals surface area contributed by atoms with Gasteiger partial charge in [-0.1, -0.05) is 0 Å². The maximum absolute atomic E-state index is 11.1. The Bertz CT molecular complexity index is 668. The summed E-state index contributed by atoms with van der Waals surface area (Å²) in [4.78, 5) is 22.1. The minimum atomic E-state index is -1.19. The van der Waals surface area contributed by atoms with Crippen LogP contribution in [-0.2, 0) is 4.79 Å². The summed E-state index contributed by atoms with van der Waals surface area (Å²) in [5.41, 5.74) is 0.289. The predicted molar refractivity (Wildman–Crippen MR) is 70.2 cm³/mol. The minimum Gasteiger partial charge on any atom is -0.491 e. The van der Waals surface area contributed by atoms with Gasteiger partial charge in [-0.3, -0.25) is 4.79 Å². The Balaban J connectivity index is 2.58. The van der Waals surface area contributed by atoms with E-state index in [-0.39, 0.29) is 23.2 Å². The monoisotopic (exact) mass is 278 g/mol. The van der Waals surface area contributed by atoms with E-state index in [9.17, 15) is 9.59 Å². The fourth-order valence-electron chi connectivity index (χ4n) is 1.77. The highest BCUT2D eigenvalue weighted by molar-refractivity contribution is 5.95. The van der Waals surface area contributed by atoms with Crippen molar-refractivity contribution in [3.63, 3.8) is 0 Å². The van der Waals surface area contributed by atoms with Crippen LogP contribution in [0.2, 0.25) is 0 Å². The number of carbonyl (C=O) groups is 2. The molecule has 1 aromatic carbocycles. The van der Waals surface area contributed by atoms with E-state index in [1.165, 1.54) is 19.1 Å². The van der Waals surface area contributed by atoms with Crippen molar-refractivity contribution < 1.29 is 28.6 Å². The molecule has 20 heavy (non-hydrogen) atoms. The highest BCUT2D eigenvalue weighted by Gasteiger charge is 2.17. The fourth-order valence-corrected chi connectivity index (χ4v) is 1.77. The molecule has 1 N–H and O–H groups in total. The zero-order valence-electron chi connectivity index (χ0n) is 11.3. The maximum atomic E-state index is 11.1. The number of esters is 1. The topological polar surface area (TPSA) is 86.0 Å². The molecule has 0 saturated carbocycles. The molecule has 0 aliphatic carbocycles. The molecule has 0 saturated heterocycles. The lowest BCUT2D eigenvalue weighted by Crippen LogP contribution is -2.06. The molecule has 6 heteroatoms. The van der Waals surface area contributed by atoms with E-state index < -0.39 is 11.9 Å². The first-order valence-corrected chi connectivity index (χ1v) is 6.02. The number of carbonyl (C=O) groups excluding carboxylic acids is 1. The average molecular weight is 278 g/mol. The normalized spacial score (nSPS) is 10.8. The number of hydrogen-bond donors (Lipinski definition) is 1. The molecule has 0 spiro atoms. The van der Waals surface area contributed by atoms with Crippen molar-refractivity contribution in [1.29, 1.82) is 0 Å². The molecule has 2 aromatic rings. The van der Waals surface area contributed by atoms with Crippen LogP contribution in [0.5, 0.6) is 11.5 Å². The van der Waals surface area contributed by atoms with Crippen molar-refractivity contribution in [1.82, 2.24) is 0 Å². The molecule has 106 valence electrons. The molecule has 2 rings (SSSR count). The number of carboxylic acid groups (broad SMARTS) is 1. The van der Waals surface area contributed by atoms with Gasteiger partial charge in [-0.2, -0.15) is 0 Å². The van der Waals surface area contributed by atoms with Crippen LogP contribution in [0.1, 0.15) is 31.3 Å². The van der Waals surface area contributed by atoms with E-state index in [1.54, 1.807) is 6.07 Å². The molecule has 0 atom stereocenters. The Hall–Kier alpha value is -2.50. The van der Waals surface area contributed by atoms with E-state index in [1.807, 2.05) is 13.8 Å². The third-order valence-electron chi connectivity index (χ3n) is 2.41. The largest absolute Gasteiger partial charge is 0.491 e. The Morgan fingerprint density at radius 2 is 1.95 bits per heavy atom. The summed E-state index contributed by atoms with van der Waals surface area (Å²) in [6.07, 6.45) is -0.0773. The van der Waals surface area contributed by atoms with E-state index in [4.69, 9.17) is 19.0 Å². The van der Waals surface area contributed by atoms with Crippen molar-refractivity contribution in [3.8, 4) is 11.5 Å². The van der Waals surface area contributed by atoms with Crippen LogP contribution in [0.15, 0.2) is 22.6 Å². The Morgan fingerprint density at radius 3 is 2.50 bits per heavy atom. The minimum absolute atomic E-state index is 0.0773. The lowest BCUT2D eigenvalue weighted by molar-refractivity contribution is -0.131. The molecule has 6 nitrogen and oxygen atoms in total. The third kappa shape index (κ3) is 2.90. The summed E-state index contributed by atoms with van der Waals surface area (Å²) in [5, 5.41) is 9.35. The smallest absolute Gasteiger partial charge is 0.371 e. The summed E-state index contributed by atoms with van der Waals surface area (Å²) in [7, 11) is 0. The molecule has 0 radical (unpaired) electrons. The Kier molecular flexibility index (Phi) is 3.65. The van der Waals surface area contributed by atoms with Gasteiger partial charge in [0.1, 0.15) is 17.1 Å². The van der Waals surface area contributed by atoms with Crippen LogP contribution in [0.4, 0.5) is 0 Å². The second kappa shape index (κ2) is 5.24. The van der Waals surface area contributed by atoms with Gasteiger partial charge in [0.05, 0.1) is 11.5 Å². The van der Waals surface area contributed by atoms with Crippen molar-refractivity contribution in [2.24, 2.45) is 0 Å². The number of fused-ring (bicyclic) bond motifs is 1. The lowest BCUT2D eigenvalue weighted by atomic mass is 10.2. The van der Waals surface area contributed by atoms with Crippen molar-refractivity contribution in [2.75, 3.05) is 0 Å². The molecule has 0 amide bonds. The van der Waals surface area contributed by atoms with Crippen LogP contribution in [0.3, 0.4) is 0 Å². The Labute approximate surface area is 114 Å². The third-order valence-corrected chi connectivity index (χ3v) is 2.41. The van der Waals surface area contributed by atoms with Gasteiger partial charge < -0.3 is 19.0 Å². The van der Waals surface area contributed by atoms with Gasteiger partial charge in [-0.25, -0.2) is 4.79 Å². The zero-order valence-corrected chi connectivity index (χ0v) is 11.3. The summed E-state index contributed by atoms with van der Waals surface area (Å²) < 4.78 is 15.8. The number of rotatable bonds is 4. The first-order chi connectivity index (χ1) is 9.36. The molecule has 0 bridgehead atoms. The van der Waals surface area contributed by atoms with Crippen LogP contribution in [0, 0.1) is 0 Å². The number of aromatic carboxylic acids is 1. The van der Waals surface area contributed by atoms with Crippen LogP contribution in [0.25, 0.3) is 11.0 Å². The van der Waals surface area contributed by atoms with Gasteiger partial charge >= 0.3 is 11.9 Å². The highest BCUT2D eigenvalue weighted by Crippen LogP contribution is 2.34. The molecule has 1 heterocycles. The van der Waals surface area contributed by atoms with E-state index in [0.29, 0.717) is 11.1 Å². The predicted octanol–water partition coefficient (Wildman–Crippen LogP) is 2.84. The summed E-state index contributed by atoms with van der Waals surface area (Å²) >= 11 is 0. The highest BCUT2D eigenvalue weighted by atomic mass is 16.5. The molecule has 0 fully saturated rings. The average Bonchev–Trinajstić information content (AvgIpc) is 2.71. The molecule has 0 aliphatic rings. The molecule has 1 aromatic heterocycles. The van der Waals surface area contributed by atoms with E-state index in [2.05, 4.69) is 0 Å². The van der Waals surface area contributed by atoms with E-state index >= 15 is 0 Å². The number of ether oxygens (including phenoxy) is 2. The van der Waals surface area contributed by atoms with Crippen LogP contribution < -0.4 is 9.47 Å². The van der Waals surface area contributed by atoms with Crippen molar-refractivity contribution in [2.45, 2.75) is 26.9 Å². The van der Waals surface area contributed by atoms with Crippen LogP contribution >= 0.6 is 0 Å². The van der Waals surface area contributed by atoms with Gasteiger partial charge in [0.15, 0.2) is 0 Å². The number of carboxylic acids is 1. The van der Waals surface area contributed by atoms with Crippen molar-refractivity contribution in [3.05, 3.63) is 24.0 Å². The zero-order chi connectivity index (χ0) is 14.9. The standard InChI is InChI=1S/C14H14O6/c1-7(2)18-9-4-11(19-8(3)15)10-6-13(14(16)17)20-12(10)5-9/h4-7H,1-3H3,(H,16,17). The van der Waals surface area contributed by atoms with Gasteiger partial charge in [-0.15, -0.1) is 0 Å². The second-order valence-electron chi connectivity index (χ2n) is 4.51. The van der Waals surface area contributed by atoms with Gasteiger partial charge in [0, 0.05) is 25.1 Å². The Morgan fingerprint density at radius 1 is 1.25 bits per heavy atom. The molecule has 0 unspecified atom stereocenters. The first-order valence-electron chi connectivity index (χ1n) is 6.02. The second-order valence-corrected chi connectivity index (χ2v) is 4.51. The summed E-state index contributed by atoms with van der Waals surface area (Å²) in [6, 6.07) is 4.41. The fraction of sp³-hybridized carbons (Fsp3) is 0.286. The van der Waals surface area contributed by atoms with E-state index in [0.717, 1.165) is 0 Å². The maximum Gasteiger partial charge on any atom is 0.371 e. The number of hydrogen-bond acceptors (Lipinski definition) is 5. The van der Waals surface area contributed by atoms with Gasteiger partial charge in [0.25, 0.3) is 0 Å². The summed E-state index contributed by atoms with van der Waals surface area (Å²) in [5.74, 6) is -1.28. The lowest BCUT2D eigenvalue weighted by Gasteiger charge is -2.11. The quantitative estimate of drug-likeness (QED) is 0.683. The molecule has 0 aliphatic heterocycles. The van der Waals surface area contributed by atoms with Gasteiger partial charge in [0.2, 0.25) is 5.76 Å². The molecular weight excluding hydrogens is 264 g/mol. The van der Waals surface area contributed by atoms with Gasteiger partial charge in [-0.05, 0) is 13.8 Å². The first kappa shape index (κ1) is 13.9. The van der Waals surface area contributed by atoms with Crippen LogP contribution in [-0.4, -0.2) is 23.1 Å². The van der Waals surface area contributed by atoms with Crippen molar-refractivity contribution >= 4 is 22.9 Å². The summed E-state index contributed by atoms with van der Waals surface area (Å²) in [6.45, 7) is 4.96.